The second kappa shape index (κ2) is 5.92. The van der Waals surface area contributed by atoms with E-state index in [-0.39, 0.29) is 0 Å². The SMILES string of the molecule is CN1CN(c2cccc(N3CN(C)C4C=CC=CC43)c2)c2ccccc21. The van der Waals surface area contributed by atoms with E-state index in [4.69, 9.17) is 0 Å². The van der Waals surface area contributed by atoms with Gasteiger partial charge in [0.25, 0.3) is 0 Å². The minimum Gasteiger partial charge on any atom is -0.355 e. The highest BCUT2D eigenvalue weighted by molar-refractivity contribution is 5.83. The summed E-state index contributed by atoms with van der Waals surface area (Å²) in [5, 5.41) is 0. The Bertz CT molecular complexity index is 887. The Morgan fingerprint density at radius 2 is 1.50 bits per heavy atom. The molecule has 1 fully saturated rings. The molecule has 26 heavy (non-hydrogen) atoms. The van der Waals surface area contributed by atoms with Crippen molar-refractivity contribution in [2.75, 3.05) is 42.1 Å². The molecule has 1 saturated heterocycles. The van der Waals surface area contributed by atoms with Crippen LogP contribution in [0.4, 0.5) is 22.7 Å². The molecule has 0 radical (unpaired) electrons. The second-order valence-corrected chi connectivity index (χ2v) is 7.40. The lowest BCUT2D eigenvalue weighted by Gasteiger charge is -2.28. The minimum atomic E-state index is 0.411. The number of anilines is 4. The number of rotatable bonds is 2. The summed E-state index contributed by atoms with van der Waals surface area (Å²) in [6.07, 6.45) is 8.96. The number of hydrogen-bond acceptors (Lipinski definition) is 4. The maximum atomic E-state index is 2.50. The molecule has 5 rings (SSSR count). The van der Waals surface area contributed by atoms with E-state index < -0.39 is 0 Å². The van der Waals surface area contributed by atoms with Crippen molar-refractivity contribution in [3.05, 3.63) is 72.8 Å². The first-order valence-electron chi connectivity index (χ1n) is 9.22. The monoisotopic (exact) mass is 344 g/mol. The third-order valence-electron chi connectivity index (χ3n) is 5.73. The summed E-state index contributed by atoms with van der Waals surface area (Å²) in [4.78, 5) is 9.61. The normalized spacial score (nSPS) is 24.3. The summed E-state index contributed by atoms with van der Waals surface area (Å²) in [5.74, 6) is 0. The number of nitrogens with zero attached hydrogens (tertiary/aromatic N) is 4. The smallest absolute Gasteiger partial charge is 0.0950 e. The molecule has 3 aliphatic rings. The number of likely N-dealkylation sites (N-methyl/N-ethyl adjacent to an activating group) is 1. The molecule has 0 amide bonds. The third kappa shape index (κ3) is 2.33. The van der Waals surface area contributed by atoms with Gasteiger partial charge in [-0.25, -0.2) is 0 Å². The van der Waals surface area contributed by atoms with Gasteiger partial charge >= 0.3 is 0 Å². The van der Waals surface area contributed by atoms with E-state index in [0.717, 1.165) is 13.3 Å². The molecule has 2 unspecified atom stereocenters. The van der Waals surface area contributed by atoms with Crippen LogP contribution in [0.1, 0.15) is 0 Å². The molecular weight excluding hydrogens is 320 g/mol. The highest BCUT2D eigenvalue weighted by Crippen LogP contribution is 2.41. The molecule has 1 aliphatic carbocycles. The Balaban J connectivity index is 1.49. The van der Waals surface area contributed by atoms with E-state index in [1.165, 1.54) is 22.7 Å². The Hall–Kier alpha value is -2.72. The lowest BCUT2D eigenvalue weighted by Crippen LogP contribution is -2.34. The lowest BCUT2D eigenvalue weighted by molar-refractivity contribution is 0.353. The standard InChI is InChI=1S/C22H24N4/c1-23-15-25(21-12-5-3-10-19(21)23)17-8-7-9-18(14-17)26-16-24(2)20-11-4-6-13-22(20)26/h3-14,19,21H,15-16H2,1-2H3. The van der Waals surface area contributed by atoms with Crippen LogP contribution in [0.5, 0.6) is 0 Å². The predicted molar refractivity (Wildman–Crippen MR) is 109 cm³/mol. The molecule has 2 aromatic rings. The fraction of sp³-hybridized carbons (Fsp3) is 0.273. The fourth-order valence-corrected chi connectivity index (χ4v) is 4.40. The summed E-state index contributed by atoms with van der Waals surface area (Å²) >= 11 is 0. The Morgan fingerprint density at radius 1 is 0.769 bits per heavy atom. The van der Waals surface area contributed by atoms with Gasteiger partial charge in [0.2, 0.25) is 0 Å². The first-order valence-corrected chi connectivity index (χ1v) is 9.22. The van der Waals surface area contributed by atoms with Gasteiger partial charge in [0, 0.05) is 18.4 Å². The van der Waals surface area contributed by atoms with Gasteiger partial charge in [-0.2, -0.15) is 0 Å². The zero-order valence-electron chi connectivity index (χ0n) is 15.3. The number of hydrogen-bond donors (Lipinski definition) is 0. The van der Waals surface area contributed by atoms with E-state index in [9.17, 15) is 0 Å². The van der Waals surface area contributed by atoms with Gasteiger partial charge < -0.3 is 14.7 Å². The molecule has 0 N–H and O–H groups in total. The maximum absolute atomic E-state index is 2.50. The zero-order chi connectivity index (χ0) is 17.7. The summed E-state index contributed by atoms with van der Waals surface area (Å²) in [7, 11) is 4.36. The molecule has 132 valence electrons. The van der Waals surface area contributed by atoms with Crippen LogP contribution in [0.3, 0.4) is 0 Å². The molecule has 2 aliphatic heterocycles. The zero-order valence-corrected chi connectivity index (χ0v) is 15.3. The summed E-state index contributed by atoms with van der Waals surface area (Å²) < 4.78 is 0. The number of para-hydroxylation sites is 2. The van der Waals surface area contributed by atoms with E-state index in [1.807, 2.05) is 0 Å². The first-order chi connectivity index (χ1) is 12.7. The average Bonchev–Trinajstić information content (AvgIpc) is 3.20. The van der Waals surface area contributed by atoms with Gasteiger partial charge in [-0.1, -0.05) is 42.5 Å². The summed E-state index contributed by atoms with van der Waals surface area (Å²) in [6, 6.07) is 18.5. The van der Waals surface area contributed by atoms with Crippen LogP contribution in [0.25, 0.3) is 0 Å². The van der Waals surface area contributed by atoms with Crippen molar-refractivity contribution in [2.45, 2.75) is 12.1 Å². The molecule has 0 saturated carbocycles. The molecule has 4 heteroatoms. The van der Waals surface area contributed by atoms with Crippen LogP contribution < -0.4 is 14.7 Å². The van der Waals surface area contributed by atoms with Gasteiger partial charge in [0.1, 0.15) is 0 Å². The highest BCUT2D eigenvalue weighted by atomic mass is 15.4. The van der Waals surface area contributed by atoms with Crippen molar-refractivity contribution in [3.63, 3.8) is 0 Å². The Kier molecular flexibility index (Phi) is 3.54. The molecule has 2 atom stereocenters. The van der Waals surface area contributed by atoms with E-state index in [0.29, 0.717) is 12.1 Å². The second-order valence-electron chi connectivity index (χ2n) is 7.40. The summed E-state index contributed by atoms with van der Waals surface area (Å²) in [5.41, 5.74) is 5.11. The molecule has 2 aromatic carbocycles. The maximum Gasteiger partial charge on any atom is 0.0950 e. The van der Waals surface area contributed by atoms with E-state index in [1.54, 1.807) is 0 Å². The Morgan fingerprint density at radius 3 is 2.35 bits per heavy atom. The van der Waals surface area contributed by atoms with Crippen molar-refractivity contribution in [1.82, 2.24) is 4.90 Å². The highest BCUT2D eigenvalue weighted by Gasteiger charge is 2.36. The molecule has 2 heterocycles. The molecule has 4 nitrogen and oxygen atoms in total. The quantitative estimate of drug-likeness (QED) is 0.821. The van der Waals surface area contributed by atoms with Crippen molar-refractivity contribution in [3.8, 4) is 0 Å². The lowest BCUT2D eigenvalue weighted by atomic mass is 10.0. The average molecular weight is 344 g/mol. The van der Waals surface area contributed by atoms with Crippen LogP contribution in [0.2, 0.25) is 0 Å². The van der Waals surface area contributed by atoms with Crippen LogP contribution in [-0.4, -0.2) is 44.4 Å². The van der Waals surface area contributed by atoms with Crippen molar-refractivity contribution in [1.29, 1.82) is 0 Å². The number of fused-ring (bicyclic) bond motifs is 2. The van der Waals surface area contributed by atoms with E-state index >= 15 is 0 Å². The topological polar surface area (TPSA) is 13.0 Å². The van der Waals surface area contributed by atoms with Crippen LogP contribution >= 0.6 is 0 Å². The molecular formula is C22H24N4. The largest absolute Gasteiger partial charge is 0.355 e. The van der Waals surface area contributed by atoms with Gasteiger partial charge in [-0.15, -0.1) is 0 Å². The van der Waals surface area contributed by atoms with Gasteiger partial charge in [-0.3, -0.25) is 4.90 Å². The van der Waals surface area contributed by atoms with Crippen LogP contribution in [0, 0.1) is 0 Å². The fourth-order valence-electron chi connectivity index (χ4n) is 4.40. The minimum absolute atomic E-state index is 0.411. The predicted octanol–water partition coefficient (Wildman–Crippen LogP) is 3.80. The molecule has 0 spiro atoms. The third-order valence-corrected chi connectivity index (χ3v) is 5.73. The molecule has 0 bridgehead atoms. The van der Waals surface area contributed by atoms with Crippen molar-refractivity contribution >= 4 is 22.7 Å². The first kappa shape index (κ1) is 15.5. The molecule has 0 aromatic heterocycles. The van der Waals surface area contributed by atoms with Crippen LogP contribution in [-0.2, 0) is 0 Å². The summed E-state index contributed by atoms with van der Waals surface area (Å²) in [6.45, 7) is 1.83. The number of allylic oxidation sites excluding steroid dienone is 2. The number of benzene rings is 2. The van der Waals surface area contributed by atoms with Crippen molar-refractivity contribution < 1.29 is 0 Å². The van der Waals surface area contributed by atoms with E-state index in [2.05, 4.69) is 107 Å². The Labute approximate surface area is 155 Å². The van der Waals surface area contributed by atoms with Gasteiger partial charge in [-0.05, 0) is 37.4 Å². The van der Waals surface area contributed by atoms with Crippen molar-refractivity contribution in [2.24, 2.45) is 0 Å². The van der Waals surface area contributed by atoms with Gasteiger partial charge in [0.05, 0.1) is 36.8 Å². The van der Waals surface area contributed by atoms with Crippen LogP contribution in [0.15, 0.2) is 72.8 Å². The van der Waals surface area contributed by atoms with Gasteiger partial charge in [0.15, 0.2) is 0 Å².